The largest absolute Gasteiger partial charge is 0.463 e. The first-order chi connectivity index (χ1) is 26.7. The predicted octanol–water partition coefficient (Wildman–Crippen LogP) is 2.62. The first-order valence-corrected chi connectivity index (χ1v) is 16.7. The maximum Gasteiger partial charge on any atom is 0.308 e. The molecule has 5 atom stereocenters. The van der Waals surface area contributed by atoms with Crippen LogP contribution in [-0.4, -0.2) is 85.1 Å². The summed E-state index contributed by atoms with van der Waals surface area (Å²) in [4.78, 5) is 112. The van der Waals surface area contributed by atoms with Crippen molar-refractivity contribution >= 4 is 58.7 Å². The summed E-state index contributed by atoms with van der Waals surface area (Å²) in [5.41, 5.74) is -1.55. The zero-order valence-electron chi connectivity index (χ0n) is 31.6. The number of esters is 8. The lowest BCUT2D eigenvalue weighted by molar-refractivity contribution is -0.288. The van der Waals surface area contributed by atoms with Crippen LogP contribution in [0.3, 0.4) is 0 Å². The topological polar surface area (TPSA) is 259 Å². The molecule has 4 rings (SSSR count). The minimum atomic E-state index is -1.98. The standard InChI is InChI=1S/C37H36O20/c1-15(38)47-14-29-33(52-20(6)43)35(53-21(7)44)36(54-22(8)45)37(56-29)57-34-31(46)30-27(51-19(5)42)12-24(48-16(2)39)13-28(30)55-32(34)23-9-10-25(49-17(3)40)26(11-23)50-18(4)41/h9-13,29,33,35-37H,14H2,1-8H3/t29-,33-,35+,36-,37+/m0/s1. The van der Waals surface area contributed by atoms with Gasteiger partial charge in [0.25, 0.3) is 0 Å². The van der Waals surface area contributed by atoms with E-state index in [-0.39, 0.29) is 28.4 Å². The average molecular weight is 801 g/mol. The highest BCUT2D eigenvalue weighted by Crippen LogP contribution is 2.41. The second-order valence-corrected chi connectivity index (χ2v) is 12.1. The third kappa shape index (κ3) is 11.1. The van der Waals surface area contributed by atoms with Crippen molar-refractivity contribution in [1.29, 1.82) is 0 Å². The van der Waals surface area contributed by atoms with Gasteiger partial charge in [-0.3, -0.25) is 43.2 Å². The van der Waals surface area contributed by atoms with Gasteiger partial charge in [0.2, 0.25) is 23.6 Å². The Morgan fingerprint density at radius 1 is 0.579 bits per heavy atom. The van der Waals surface area contributed by atoms with E-state index in [0.717, 1.165) is 73.6 Å². The van der Waals surface area contributed by atoms with E-state index < -0.39 is 113 Å². The Labute approximate surface area is 322 Å². The molecule has 0 bridgehead atoms. The van der Waals surface area contributed by atoms with E-state index in [9.17, 15) is 43.2 Å². The van der Waals surface area contributed by atoms with E-state index in [2.05, 4.69) is 0 Å². The van der Waals surface area contributed by atoms with Gasteiger partial charge in [-0.1, -0.05) is 0 Å². The number of ether oxygens (including phenoxy) is 10. The highest BCUT2D eigenvalue weighted by Gasteiger charge is 2.54. The predicted molar refractivity (Wildman–Crippen MR) is 186 cm³/mol. The molecule has 0 aliphatic carbocycles. The Bertz CT molecular complexity index is 2180. The summed E-state index contributed by atoms with van der Waals surface area (Å²) in [6, 6.07) is 5.75. The van der Waals surface area contributed by atoms with Gasteiger partial charge in [-0.15, -0.1) is 0 Å². The van der Waals surface area contributed by atoms with Crippen molar-refractivity contribution in [3.63, 3.8) is 0 Å². The third-order valence-electron chi connectivity index (χ3n) is 7.30. The first kappa shape index (κ1) is 42.9. The molecule has 0 unspecified atom stereocenters. The van der Waals surface area contributed by atoms with Gasteiger partial charge in [0.15, 0.2) is 29.5 Å². The maximum atomic E-state index is 14.7. The van der Waals surface area contributed by atoms with Crippen LogP contribution in [0.2, 0.25) is 0 Å². The van der Waals surface area contributed by atoms with Crippen molar-refractivity contribution in [2.45, 2.75) is 86.1 Å². The molecule has 1 aliphatic rings. The van der Waals surface area contributed by atoms with E-state index in [0.29, 0.717) is 0 Å². The van der Waals surface area contributed by atoms with Crippen molar-refractivity contribution in [1.82, 2.24) is 0 Å². The van der Waals surface area contributed by atoms with Gasteiger partial charge in [-0.05, 0) is 18.2 Å². The van der Waals surface area contributed by atoms with E-state index >= 15 is 0 Å². The van der Waals surface area contributed by atoms with Gasteiger partial charge in [-0.25, -0.2) is 0 Å². The fraction of sp³-hybridized carbons (Fsp3) is 0.378. The number of hydrogen-bond acceptors (Lipinski definition) is 20. The Morgan fingerprint density at radius 3 is 1.68 bits per heavy atom. The Balaban J connectivity index is 2.08. The van der Waals surface area contributed by atoms with Crippen LogP contribution in [0.15, 0.2) is 39.5 Å². The third-order valence-corrected chi connectivity index (χ3v) is 7.30. The maximum absolute atomic E-state index is 14.7. The molecule has 0 spiro atoms. The normalized spacial score (nSPS) is 18.6. The molecule has 0 amide bonds. The van der Waals surface area contributed by atoms with Crippen LogP contribution in [0.5, 0.6) is 28.7 Å². The zero-order chi connectivity index (χ0) is 42.3. The molecule has 3 aromatic rings. The lowest BCUT2D eigenvalue weighted by Gasteiger charge is -2.43. The van der Waals surface area contributed by atoms with Crippen LogP contribution < -0.4 is 29.1 Å². The molecule has 0 saturated carbocycles. The molecule has 1 aromatic heterocycles. The fourth-order valence-electron chi connectivity index (χ4n) is 5.52. The second-order valence-electron chi connectivity index (χ2n) is 12.1. The van der Waals surface area contributed by atoms with Crippen LogP contribution >= 0.6 is 0 Å². The van der Waals surface area contributed by atoms with E-state index in [1.807, 2.05) is 0 Å². The summed E-state index contributed by atoms with van der Waals surface area (Å²) in [6.45, 7) is 7.69. The molecule has 2 aromatic carbocycles. The fourth-order valence-corrected chi connectivity index (χ4v) is 5.52. The molecular weight excluding hydrogens is 764 g/mol. The minimum absolute atomic E-state index is 0.103. The van der Waals surface area contributed by atoms with Crippen molar-refractivity contribution in [2.75, 3.05) is 6.61 Å². The number of carbonyl (C=O) groups excluding carboxylic acids is 8. The Kier molecular flexibility index (Phi) is 13.7. The molecule has 57 heavy (non-hydrogen) atoms. The van der Waals surface area contributed by atoms with Gasteiger partial charge in [-0.2, -0.15) is 0 Å². The number of benzene rings is 2. The van der Waals surface area contributed by atoms with Crippen LogP contribution in [0.1, 0.15) is 55.4 Å². The zero-order valence-corrected chi connectivity index (χ0v) is 31.6. The van der Waals surface area contributed by atoms with Crippen molar-refractivity contribution in [3.05, 3.63) is 40.6 Å². The van der Waals surface area contributed by atoms with Gasteiger partial charge >= 0.3 is 47.8 Å². The monoisotopic (exact) mass is 800 g/mol. The summed E-state index contributed by atoms with van der Waals surface area (Å²) in [7, 11) is 0. The summed E-state index contributed by atoms with van der Waals surface area (Å²) >= 11 is 0. The molecule has 20 heteroatoms. The smallest absolute Gasteiger partial charge is 0.308 e. The molecular formula is C37H36O20. The van der Waals surface area contributed by atoms with Gasteiger partial charge in [0, 0.05) is 73.1 Å². The van der Waals surface area contributed by atoms with E-state index in [4.69, 9.17) is 51.8 Å². The number of rotatable bonds is 12. The highest BCUT2D eigenvalue weighted by atomic mass is 16.7. The quantitative estimate of drug-likeness (QED) is 0.145. The Morgan fingerprint density at radius 2 is 1.12 bits per heavy atom. The number of fused-ring (bicyclic) bond motifs is 1. The summed E-state index contributed by atoms with van der Waals surface area (Å²) in [5.74, 6) is -9.46. The molecule has 1 saturated heterocycles. The van der Waals surface area contributed by atoms with Crippen molar-refractivity contribution < 1.29 is 90.1 Å². The first-order valence-electron chi connectivity index (χ1n) is 16.7. The summed E-state index contributed by atoms with van der Waals surface area (Å²) in [6.07, 6.45) is -8.61. The van der Waals surface area contributed by atoms with Crippen LogP contribution in [-0.2, 0) is 62.0 Å². The molecule has 0 radical (unpaired) electrons. The highest BCUT2D eigenvalue weighted by molar-refractivity contribution is 5.91. The lowest BCUT2D eigenvalue weighted by atomic mass is 9.98. The Hall–Kier alpha value is -6.83. The van der Waals surface area contributed by atoms with Gasteiger partial charge < -0.3 is 51.8 Å². The van der Waals surface area contributed by atoms with Crippen LogP contribution in [0.4, 0.5) is 0 Å². The lowest BCUT2D eigenvalue weighted by Crippen LogP contribution is -2.63. The average Bonchev–Trinajstić information content (AvgIpc) is 3.06. The molecule has 1 fully saturated rings. The van der Waals surface area contributed by atoms with Crippen LogP contribution in [0.25, 0.3) is 22.3 Å². The molecule has 2 heterocycles. The number of hydrogen-bond donors (Lipinski definition) is 0. The van der Waals surface area contributed by atoms with Gasteiger partial charge in [0.05, 0.1) is 0 Å². The van der Waals surface area contributed by atoms with Crippen molar-refractivity contribution in [2.24, 2.45) is 0 Å². The van der Waals surface area contributed by atoms with E-state index in [1.165, 1.54) is 12.1 Å². The molecule has 304 valence electrons. The molecule has 20 nitrogen and oxygen atoms in total. The molecule has 0 N–H and O–H groups in total. The van der Waals surface area contributed by atoms with Crippen LogP contribution in [0, 0.1) is 0 Å². The summed E-state index contributed by atoms with van der Waals surface area (Å²) < 4.78 is 60.7. The minimum Gasteiger partial charge on any atom is -0.463 e. The molecule has 1 aliphatic heterocycles. The summed E-state index contributed by atoms with van der Waals surface area (Å²) in [5, 5.41) is -0.456. The second kappa shape index (κ2) is 18.2. The van der Waals surface area contributed by atoms with Crippen molar-refractivity contribution in [3.8, 4) is 40.1 Å². The number of carbonyl (C=O) groups is 8. The van der Waals surface area contributed by atoms with E-state index in [1.54, 1.807) is 0 Å². The SMILES string of the molecule is CC(=O)OC[C@@H]1O[C@H](Oc2c(-c3ccc(OC(C)=O)c(OC(C)=O)c3)oc3cc(OC(C)=O)cc(OC(C)=O)c3c2=O)[C@@H](OC(C)=O)[C@H](OC(C)=O)[C@H]1OC(C)=O. The van der Waals surface area contributed by atoms with Gasteiger partial charge in [0.1, 0.15) is 35.2 Å².